The highest BCUT2D eigenvalue weighted by Gasteiger charge is 2.22. The van der Waals surface area contributed by atoms with Crippen LogP contribution >= 0.6 is 0 Å². The third kappa shape index (κ3) is 4.00. The molecule has 2 N–H and O–H groups in total. The SMILES string of the molecule is CCN(C)C(=O)NC1CCC(CCO)CC1. The molecule has 0 aromatic rings. The number of amides is 2. The first kappa shape index (κ1) is 13.3. The first-order chi connectivity index (χ1) is 7.67. The van der Waals surface area contributed by atoms with Crippen molar-refractivity contribution in [3.63, 3.8) is 0 Å². The highest BCUT2D eigenvalue weighted by molar-refractivity contribution is 5.74. The number of urea groups is 1. The monoisotopic (exact) mass is 228 g/mol. The molecular formula is C12H24N2O2. The quantitative estimate of drug-likeness (QED) is 0.767. The lowest BCUT2D eigenvalue weighted by molar-refractivity contribution is 0.190. The zero-order valence-corrected chi connectivity index (χ0v) is 10.4. The summed E-state index contributed by atoms with van der Waals surface area (Å²) in [6.07, 6.45) is 5.26. The van der Waals surface area contributed by atoms with Crippen molar-refractivity contribution in [2.45, 2.75) is 45.1 Å². The highest BCUT2D eigenvalue weighted by Crippen LogP contribution is 2.26. The van der Waals surface area contributed by atoms with Crippen molar-refractivity contribution >= 4 is 6.03 Å². The van der Waals surface area contributed by atoms with Crippen LogP contribution in [-0.2, 0) is 0 Å². The van der Waals surface area contributed by atoms with E-state index in [9.17, 15) is 4.79 Å². The molecule has 0 unspecified atom stereocenters. The van der Waals surface area contributed by atoms with Gasteiger partial charge in [-0.2, -0.15) is 0 Å². The molecule has 0 aromatic carbocycles. The molecule has 94 valence electrons. The molecule has 2 amide bonds. The molecule has 1 saturated carbocycles. The smallest absolute Gasteiger partial charge is 0.317 e. The molecule has 0 heterocycles. The molecule has 0 spiro atoms. The fourth-order valence-electron chi connectivity index (χ4n) is 2.21. The maximum absolute atomic E-state index is 11.6. The largest absolute Gasteiger partial charge is 0.396 e. The number of carbonyl (C=O) groups is 1. The Balaban J connectivity index is 2.24. The minimum absolute atomic E-state index is 0.0353. The van der Waals surface area contributed by atoms with Crippen LogP contribution in [-0.4, -0.2) is 42.3 Å². The molecule has 4 nitrogen and oxygen atoms in total. The van der Waals surface area contributed by atoms with Crippen molar-refractivity contribution < 1.29 is 9.90 Å². The lowest BCUT2D eigenvalue weighted by atomic mass is 9.84. The fraction of sp³-hybridized carbons (Fsp3) is 0.917. The predicted molar refractivity (Wildman–Crippen MR) is 64.3 cm³/mol. The minimum atomic E-state index is 0.0353. The molecule has 1 rings (SSSR count). The number of rotatable bonds is 4. The number of aliphatic hydroxyl groups excluding tert-OH is 1. The average Bonchev–Trinajstić information content (AvgIpc) is 2.31. The highest BCUT2D eigenvalue weighted by atomic mass is 16.3. The average molecular weight is 228 g/mol. The van der Waals surface area contributed by atoms with Gasteiger partial charge in [-0.25, -0.2) is 4.79 Å². The second-order valence-corrected chi connectivity index (χ2v) is 4.69. The van der Waals surface area contributed by atoms with Crippen LogP contribution in [0.3, 0.4) is 0 Å². The lowest BCUT2D eigenvalue weighted by Gasteiger charge is -2.30. The van der Waals surface area contributed by atoms with Crippen molar-refractivity contribution in [2.24, 2.45) is 5.92 Å². The number of aliphatic hydroxyl groups is 1. The molecule has 0 aromatic heterocycles. The van der Waals surface area contributed by atoms with Crippen molar-refractivity contribution in [3.8, 4) is 0 Å². The molecule has 16 heavy (non-hydrogen) atoms. The van der Waals surface area contributed by atoms with Gasteiger partial charge < -0.3 is 15.3 Å². The zero-order chi connectivity index (χ0) is 12.0. The van der Waals surface area contributed by atoms with E-state index < -0.39 is 0 Å². The predicted octanol–water partition coefficient (Wildman–Crippen LogP) is 1.59. The van der Waals surface area contributed by atoms with Crippen molar-refractivity contribution in [1.82, 2.24) is 10.2 Å². The molecule has 0 aliphatic heterocycles. The van der Waals surface area contributed by atoms with Crippen LogP contribution in [0, 0.1) is 5.92 Å². The summed E-state index contributed by atoms with van der Waals surface area (Å²) in [5, 5.41) is 11.9. The van der Waals surface area contributed by atoms with Gasteiger partial charge in [0.25, 0.3) is 0 Å². The van der Waals surface area contributed by atoms with E-state index in [1.165, 1.54) is 0 Å². The first-order valence-corrected chi connectivity index (χ1v) is 6.29. The van der Waals surface area contributed by atoms with E-state index in [1.807, 2.05) is 14.0 Å². The molecule has 1 aliphatic carbocycles. The van der Waals surface area contributed by atoms with Crippen molar-refractivity contribution in [1.29, 1.82) is 0 Å². The van der Waals surface area contributed by atoms with Gasteiger partial charge in [-0.1, -0.05) is 0 Å². The van der Waals surface area contributed by atoms with Gasteiger partial charge in [0.15, 0.2) is 0 Å². The van der Waals surface area contributed by atoms with Crippen LogP contribution < -0.4 is 5.32 Å². The van der Waals surface area contributed by atoms with Gasteiger partial charge in [0.05, 0.1) is 0 Å². The van der Waals surface area contributed by atoms with Crippen LogP contribution in [0.25, 0.3) is 0 Å². The van der Waals surface area contributed by atoms with E-state index in [0.717, 1.165) is 38.6 Å². The van der Waals surface area contributed by atoms with E-state index in [-0.39, 0.29) is 6.03 Å². The number of hydrogen-bond acceptors (Lipinski definition) is 2. The van der Waals surface area contributed by atoms with Gasteiger partial charge in [0.2, 0.25) is 0 Å². The third-order valence-electron chi connectivity index (χ3n) is 3.53. The summed E-state index contributed by atoms with van der Waals surface area (Å²) in [7, 11) is 1.81. The molecular weight excluding hydrogens is 204 g/mol. The Morgan fingerprint density at radius 2 is 2.00 bits per heavy atom. The van der Waals surface area contributed by atoms with Crippen LogP contribution in [0.15, 0.2) is 0 Å². The van der Waals surface area contributed by atoms with Crippen LogP contribution in [0.4, 0.5) is 4.79 Å². The molecule has 4 heteroatoms. The van der Waals surface area contributed by atoms with Crippen molar-refractivity contribution in [3.05, 3.63) is 0 Å². The molecule has 1 fully saturated rings. The first-order valence-electron chi connectivity index (χ1n) is 6.29. The Labute approximate surface area is 98.0 Å². The van der Waals surface area contributed by atoms with E-state index in [2.05, 4.69) is 5.32 Å². The Hall–Kier alpha value is -0.770. The van der Waals surface area contributed by atoms with Crippen LogP contribution in [0.1, 0.15) is 39.0 Å². The maximum Gasteiger partial charge on any atom is 0.317 e. The van der Waals surface area contributed by atoms with Gasteiger partial charge in [0, 0.05) is 26.2 Å². The molecule has 0 radical (unpaired) electrons. The second-order valence-electron chi connectivity index (χ2n) is 4.69. The Bertz CT molecular complexity index is 213. The topological polar surface area (TPSA) is 52.6 Å². The summed E-state index contributed by atoms with van der Waals surface area (Å²) in [6.45, 7) is 3.00. The van der Waals surface area contributed by atoms with Gasteiger partial charge in [-0.05, 0) is 44.9 Å². The van der Waals surface area contributed by atoms with E-state index in [0.29, 0.717) is 18.6 Å². The normalized spacial score (nSPS) is 25.2. The number of hydrogen-bond donors (Lipinski definition) is 2. The number of nitrogens with one attached hydrogen (secondary N) is 1. The summed E-state index contributed by atoms with van der Waals surface area (Å²) in [5.74, 6) is 0.655. The van der Waals surface area contributed by atoms with Crippen LogP contribution in [0.5, 0.6) is 0 Å². The van der Waals surface area contributed by atoms with Crippen molar-refractivity contribution in [2.75, 3.05) is 20.2 Å². The number of carbonyl (C=O) groups excluding carboxylic acids is 1. The Morgan fingerprint density at radius 1 is 1.38 bits per heavy atom. The van der Waals surface area contributed by atoms with Gasteiger partial charge >= 0.3 is 6.03 Å². The Kier molecular flexibility index (Phi) is 5.60. The lowest BCUT2D eigenvalue weighted by Crippen LogP contribution is -2.44. The molecule has 0 atom stereocenters. The van der Waals surface area contributed by atoms with Crippen LogP contribution in [0.2, 0.25) is 0 Å². The summed E-state index contributed by atoms with van der Waals surface area (Å²) < 4.78 is 0. The fourth-order valence-corrected chi connectivity index (χ4v) is 2.21. The summed E-state index contributed by atoms with van der Waals surface area (Å²) in [4.78, 5) is 13.3. The van der Waals surface area contributed by atoms with Gasteiger partial charge in [0.1, 0.15) is 0 Å². The zero-order valence-electron chi connectivity index (χ0n) is 10.4. The maximum atomic E-state index is 11.6. The minimum Gasteiger partial charge on any atom is -0.396 e. The van der Waals surface area contributed by atoms with E-state index >= 15 is 0 Å². The molecule has 0 saturated heterocycles. The van der Waals surface area contributed by atoms with Gasteiger partial charge in [-0.3, -0.25) is 0 Å². The molecule has 0 bridgehead atoms. The summed E-state index contributed by atoms with van der Waals surface area (Å²) >= 11 is 0. The number of nitrogens with zero attached hydrogens (tertiary/aromatic N) is 1. The Morgan fingerprint density at radius 3 is 2.50 bits per heavy atom. The third-order valence-corrected chi connectivity index (χ3v) is 3.53. The van der Waals surface area contributed by atoms with Gasteiger partial charge in [-0.15, -0.1) is 0 Å². The second kappa shape index (κ2) is 6.74. The summed E-state index contributed by atoms with van der Waals surface area (Å²) in [5.41, 5.74) is 0. The van der Waals surface area contributed by atoms with E-state index in [4.69, 9.17) is 5.11 Å². The summed E-state index contributed by atoms with van der Waals surface area (Å²) in [6, 6.07) is 0.365. The molecule has 1 aliphatic rings. The standard InChI is InChI=1S/C12H24N2O2/c1-3-14(2)12(16)13-11-6-4-10(5-7-11)8-9-15/h10-11,15H,3-9H2,1-2H3,(H,13,16). The van der Waals surface area contributed by atoms with E-state index in [1.54, 1.807) is 4.90 Å².